The Hall–Kier alpha value is -3.74. The van der Waals surface area contributed by atoms with Gasteiger partial charge in [0, 0.05) is 18.7 Å². The minimum atomic E-state index is -3.75. The highest BCUT2D eigenvalue weighted by Crippen LogP contribution is 2.39. The number of rotatable bonds is 11. The molecule has 4 rings (SSSR count). The second-order valence-corrected chi connectivity index (χ2v) is 11.9. The van der Waals surface area contributed by atoms with Gasteiger partial charge in [-0.05, 0) is 48.4 Å². The summed E-state index contributed by atoms with van der Waals surface area (Å²) in [7, 11) is -3.75. The summed E-state index contributed by atoms with van der Waals surface area (Å²) in [5, 5.41) is 5.85. The molecule has 0 spiro atoms. The van der Waals surface area contributed by atoms with Crippen molar-refractivity contribution in [3.8, 4) is 22.1 Å². The zero-order chi connectivity index (χ0) is 28.2. The predicted octanol–water partition coefficient (Wildman–Crippen LogP) is 5.09. The van der Waals surface area contributed by atoms with Gasteiger partial charge in [-0.15, -0.1) is 0 Å². The fourth-order valence-electron chi connectivity index (χ4n) is 3.98. The number of furan rings is 2. The molecule has 10 nitrogen and oxygen atoms in total. The predicted molar refractivity (Wildman–Crippen MR) is 149 cm³/mol. The minimum absolute atomic E-state index is 0.0168. The van der Waals surface area contributed by atoms with Crippen molar-refractivity contribution in [2.24, 2.45) is 5.92 Å². The second kappa shape index (κ2) is 12.0. The first-order valence-electron chi connectivity index (χ1n) is 12.5. The van der Waals surface area contributed by atoms with E-state index in [4.69, 9.17) is 8.83 Å². The molecule has 0 radical (unpaired) electrons. The van der Waals surface area contributed by atoms with Crippen molar-refractivity contribution in [2.45, 2.75) is 38.6 Å². The molecule has 206 valence electrons. The van der Waals surface area contributed by atoms with Crippen LogP contribution in [-0.2, 0) is 14.8 Å². The van der Waals surface area contributed by atoms with E-state index in [1.807, 2.05) is 0 Å². The molecule has 4 aromatic rings. The van der Waals surface area contributed by atoms with Gasteiger partial charge >= 0.3 is 0 Å². The summed E-state index contributed by atoms with van der Waals surface area (Å²) in [6.45, 7) is 7.73. The quantitative estimate of drug-likeness (QED) is 0.257. The van der Waals surface area contributed by atoms with E-state index in [1.54, 1.807) is 58.2 Å². The van der Waals surface area contributed by atoms with E-state index in [9.17, 15) is 18.0 Å². The topological polar surface area (TPSA) is 135 Å². The summed E-state index contributed by atoms with van der Waals surface area (Å²) < 4.78 is 38.2. The van der Waals surface area contributed by atoms with Gasteiger partial charge in [-0.25, -0.2) is 13.4 Å². The summed E-state index contributed by atoms with van der Waals surface area (Å²) in [6, 6.07) is 11.9. The fourth-order valence-corrected chi connectivity index (χ4v) is 6.43. The maximum Gasteiger partial charge on any atom is 0.251 e. The molecule has 3 heterocycles. The molecule has 2 N–H and O–H groups in total. The van der Waals surface area contributed by atoms with Gasteiger partial charge in [0.1, 0.15) is 22.4 Å². The maximum absolute atomic E-state index is 13.3. The molecule has 1 aromatic carbocycles. The van der Waals surface area contributed by atoms with E-state index >= 15 is 0 Å². The van der Waals surface area contributed by atoms with Crippen molar-refractivity contribution in [2.75, 3.05) is 18.4 Å². The fraction of sp³-hybridized carbons (Fsp3) is 0.296. The van der Waals surface area contributed by atoms with Crippen molar-refractivity contribution in [3.63, 3.8) is 0 Å². The number of hydrogen-bond donors (Lipinski definition) is 2. The van der Waals surface area contributed by atoms with Crippen LogP contribution in [0.4, 0.5) is 5.13 Å². The number of carbonyl (C=O) groups is 2. The summed E-state index contributed by atoms with van der Waals surface area (Å²) in [6.07, 6.45) is 3.08. The average molecular weight is 571 g/mol. The molecule has 1 atom stereocenters. The van der Waals surface area contributed by atoms with Crippen LogP contribution in [-0.4, -0.2) is 48.7 Å². The van der Waals surface area contributed by atoms with Crippen LogP contribution in [0.2, 0.25) is 0 Å². The summed E-state index contributed by atoms with van der Waals surface area (Å²) in [4.78, 5) is 31.7. The Morgan fingerprint density at radius 1 is 1.00 bits per heavy atom. The van der Waals surface area contributed by atoms with Crippen LogP contribution in [0, 0.1) is 5.92 Å². The van der Waals surface area contributed by atoms with Gasteiger partial charge in [0.2, 0.25) is 15.9 Å². The average Bonchev–Trinajstić information content (AvgIpc) is 3.69. The summed E-state index contributed by atoms with van der Waals surface area (Å²) in [5.74, 6) is -0.201. The SMILES string of the molecule is CCN(CC)S(=O)(=O)c1cccc(C(=O)N[C@H](C(=O)Nc2nc(-c3ccco3)c(-c3ccco3)s2)C(C)C)c1. The molecule has 0 unspecified atom stereocenters. The molecule has 0 aliphatic rings. The number of amides is 2. The molecule has 3 aromatic heterocycles. The Morgan fingerprint density at radius 3 is 2.26 bits per heavy atom. The molecule has 12 heteroatoms. The number of carbonyl (C=O) groups excluding carboxylic acids is 2. The molecule has 0 saturated carbocycles. The van der Waals surface area contributed by atoms with Gasteiger partial charge < -0.3 is 19.5 Å². The molecule has 0 aliphatic carbocycles. The lowest BCUT2D eigenvalue weighted by atomic mass is 10.0. The summed E-state index contributed by atoms with van der Waals surface area (Å²) in [5.41, 5.74) is 0.655. The molecular formula is C27H30N4O6S2. The van der Waals surface area contributed by atoms with Gasteiger partial charge in [-0.3, -0.25) is 9.59 Å². The van der Waals surface area contributed by atoms with Crippen LogP contribution < -0.4 is 10.6 Å². The van der Waals surface area contributed by atoms with Crippen molar-refractivity contribution >= 4 is 38.3 Å². The van der Waals surface area contributed by atoms with Crippen LogP contribution in [0.25, 0.3) is 22.1 Å². The monoisotopic (exact) mass is 570 g/mol. The van der Waals surface area contributed by atoms with Crippen molar-refractivity contribution in [3.05, 3.63) is 66.6 Å². The van der Waals surface area contributed by atoms with Gasteiger partial charge in [-0.1, -0.05) is 45.1 Å². The molecular weight excluding hydrogens is 540 g/mol. The van der Waals surface area contributed by atoms with Crippen molar-refractivity contribution < 1.29 is 26.8 Å². The number of benzene rings is 1. The summed E-state index contributed by atoms with van der Waals surface area (Å²) >= 11 is 1.22. The molecule has 39 heavy (non-hydrogen) atoms. The molecule has 0 fully saturated rings. The number of nitrogens with one attached hydrogen (secondary N) is 2. The van der Waals surface area contributed by atoms with Crippen molar-refractivity contribution in [1.82, 2.24) is 14.6 Å². The minimum Gasteiger partial charge on any atom is -0.463 e. The number of thiazole rings is 1. The lowest BCUT2D eigenvalue weighted by Gasteiger charge is -2.22. The molecule has 0 aliphatic heterocycles. The number of sulfonamides is 1. The van der Waals surface area contributed by atoms with E-state index in [0.717, 1.165) is 0 Å². The first-order chi connectivity index (χ1) is 18.6. The third-order valence-corrected chi connectivity index (χ3v) is 9.06. The van der Waals surface area contributed by atoms with Crippen LogP contribution >= 0.6 is 11.3 Å². The number of hydrogen-bond acceptors (Lipinski definition) is 8. The Bertz CT molecular complexity index is 1470. The van der Waals surface area contributed by atoms with Crippen LogP contribution in [0.15, 0.2) is 74.8 Å². The first kappa shape index (κ1) is 28.3. The zero-order valence-corrected chi connectivity index (χ0v) is 23.6. The van der Waals surface area contributed by atoms with Gasteiger partial charge in [-0.2, -0.15) is 4.31 Å². The number of nitrogens with zero attached hydrogens (tertiary/aromatic N) is 2. The molecule has 2 amide bonds. The van der Waals surface area contributed by atoms with E-state index in [-0.39, 0.29) is 16.4 Å². The van der Waals surface area contributed by atoms with Gasteiger partial charge in [0.25, 0.3) is 5.91 Å². The van der Waals surface area contributed by atoms with E-state index in [0.29, 0.717) is 40.3 Å². The standard InChI is InChI=1S/C27H30N4O6S2/c1-5-31(6-2)39(34,35)19-11-7-10-18(16-19)25(32)28-22(17(3)4)26(33)30-27-29-23(20-12-8-14-36-20)24(38-27)21-13-9-15-37-21/h7-17,22H,5-6H2,1-4H3,(H,28,32)(H,29,30,33)/t22-/m0/s1. The second-order valence-electron chi connectivity index (χ2n) is 8.95. The third-order valence-electron chi connectivity index (χ3n) is 6.03. The Labute approximate surface area is 231 Å². The van der Waals surface area contributed by atoms with Crippen LogP contribution in [0.1, 0.15) is 38.1 Å². The van der Waals surface area contributed by atoms with E-state index < -0.39 is 27.9 Å². The number of aromatic nitrogens is 1. The molecule has 0 saturated heterocycles. The highest BCUT2D eigenvalue weighted by molar-refractivity contribution is 7.89. The first-order valence-corrected chi connectivity index (χ1v) is 14.7. The lowest BCUT2D eigenvalue weighted by Crippen LogP contribution is -2.47. The molecule has 0 bridgehead atoms. The Kier molecular flexibility index (Phi) is 8.68. The maximum atomic E-state index is 13.3. The van der Waals surface area contributed by atoms with E-state index in [2.05, 4.69) is 15.6 Å². The lowest BCUT2D eigenvalue weighted by molar-refractivity contribution is -0.118. The van der Waals surface area contributed by atoms with E-state index in [1.165, 1.54) is 46.2 Å². The third kappa shape index (κ3) is 6.13. The zero-order valence-electron chi connectivity index (χ0n) is 22.0. The highest BCUT2D eigenvalue weighted by atomic mass is 32.2. The normalized spacial score (nSPS) is 12.6. The van der Waals surface area contributed by atoms with Gasteiger partial charge in [0.05, 0.1) is 17.4 Å². The Morgan fingerprint density at radius 2 is 1.67 bits per heavy atom. The smallest absolute Gasteiger partial charge is 0.251 e. The van der Waals surface area contributed by atoms with Crippen molar-refractivity contribution in [1.29, 1.82) is 0 Å². The van der Waals surface area contributed by atoms with Crippen LogP contribution in [0.5, 0.6) is 0 Å². The van der Waals surface area contributed by atoms with Crippen LogP contribution in [0.3, 0.4) is 0 Å². The largest absolute Gasteiger partial charge is 0.463 e. The van der Waals surface area contributed by atoms with Gasteiger partial charge in [0.15, 0.2) is 10.9 Å². The Balaban J connectivity index is 1.55. The number of anilines is 1. The highest BCUT2D eigenvalue weighted by Gasteiger charge is 2.28.